The highest BCUT2D eigenvalue weighted by atomic mass is 16.2. The quantitative estimate of drug-likeness (QED) is 0.880. The topological polar surface area (TPSA) is 41.1 Å². The van der Waals surface area contributed by atoms with Crippen LogP contribution in [0.15, 0.2) is 54.6 Å². The zero-order valence-corrected chi connectivity index (χ0v) is 14.5. The molecule has 0 saturated carbocycles. The van der Waals surface area contributed by atoms with Gasteiger partial charge in [0.2, 0.25) is 5.91 Å². The van der Waals surface area contributed by atoms with Crippen LogP contribution in [0.25, 0.3) is 0 Å². The summed E-state index contributed by atoms with van der Waals surface area (Å²) in [5.74, 6) is 0.598. The van der Waals surface area contributed by atoms with Crippen molar-refractivity contribution >= 4 is 5.91 Å². The first kappa shape index (κ1) is 16.7. The van der Waals surface area contributed by atoms with Gasteiger partial charge < -0.3 is 10.6 Å². The second-order valence-electron chi connectivity index (χ2n) is 6.82. The van der Waals surface area contributed by atoms with E-state index >= 15 is 0 Å². The Morgan fingerprint density at radius 2 is 1.62 bits per heavy atom. The van der Waals surface area contributed by atoms with Gasteiger partial charge in [0, 0.05) is 0 Å². The molecule has 0 aliphatic carbocycles. The van der Waals surface area contributed by atoms with Crippen molar-refractivity contribution in [3.05, 3.63) is 71.3 Å². The summed E-state index contributed by atoms with van der Waals surface area (Å²) >= 11 is 0. The molecule has 2 N–H and O–H groups in total. The average Bonchev–Trinajstić information content (AvgIpc) is 3.15. The minimum atomic E-state index is -0.109. The normalized spacial score (nSPS) is 18.5. The molecule has 2 atom stereocenters. The molecule has 3 nitrogen and oxygen atoms in total. The summed E-state index contributed by atoms with van der Waals surface area (Å²) in [6, 6.07) is 18.6. The lowest BCUT2D eigenvalue weighted by molar-refractivity contribution is -0.123. The van der Waals surface area contributed by atoms with E-state index < -0.39 is 0 Å². The Kier molecular flexibility index (Phi) is 5.31. The van der Waals surface area contributed by atoms with Crippen LogP contribution in [0.1, 0.15) is 55.3 Å². The van der Waals surface area contributed by atoms with Crippen molar-refractivity contribution in [2.24, 2.45) is 0 Å². The molecule has 2 aromatic carbocycles. The fourth-order valence-electron chi connectivity index (χ4n) is 3.23. The minimum absolute atomic E-state index is 0.0638. The highest BCUT2D eigenvalue weighted by molar-refractivity contribution is 5.82. The molecule has 1 fully saturated rings. The van der Waals surface area contributed by atoms with E-state index in [0.29, 0.717) is 5.92 Å². The molecular formula is C21H26N2O. The molecule has 0 spiro atoms. The molecule has 2 unspecified atom stereocenters. The zero-order valence-electron chi connectivity index (χ0n) is 14.5. The van der Waals surface area contributed by atoms with Crippen LogP contribution in [0, 0.1) is 0 Å². The third-order valence-electron chi connectivity index (χ3n) is 4.73. The molecule has 1 aliphatic rings. The standard InChI is InChI=1S/C21H26N2O/c1-15(2)16-10-12-18(13-11-16)20(17-7-4-3-5-8-17)23-21(24)19-9-6-14-22-19/h3-5,7-8,10-13,15,19-20,22H,6,9,14H2,1-2H3,(H,23,24). The summed E-state index contributed by atoms with van der Waals surface area (Å²) in [6.45, 7) is 5.31. The molecule has 1 amide bonds. The van der Waals surface area contributed by atoms with Crippen LogP contribution in [0.2, 0.25) is 0 Å². The number of hydrogen-bond donors (Lipinski definition) is 2. The van der Waals surface area contributed by atoms with Crippen molar-refractivity contribution in [1.29, 1.82) is 0 Å². The largest absolute Gasteiger partial charge is 0.344 e. The predicted molar refractivity (Wildman–Crippen MR) is 98.0 cm³/mol. The lowest BCUT2D eigenvalue weighted by atomic mass is 9.95. The van der Waals surface area contributed by atoms with Crippen LogP contribution >= 0.6 is 0 Å². The maximum atomic E-state index is 12.6. The monoisotopic (exact) mass is 322 g/mol. The number of hydrogen-bond acceptors (Lipinski definition) is 2. The van der Waals surface area contributed by atoms with Crippen LogP contribution in [-0.4, -0.2) is 18.5 Å². The average molecular weight is 322 g/mol. The van der Waals surface area contributed by atoms with Gasteiger partial charge >= 0.3 is 0 Å². The second kappa shape index (κ2) is 7.63. The van der Waals surface area contributed by atoms with Crippen molar-refractivity contribution in [2.45, 2.75) is 44.7 Å². The molecular weight excluding hydrogens is 296 g/mol. The highest BCUT2D eigenvalue weighted by Crippen LogP contribution is 2.24. The summed E-state index contributed by atoms with van der Waals surface area (Å²) in [5, 5.41) is 6.52. The summed E-state index contributed by atoms with van der Waals surface area (Å²) in [4.78, 5) is 12.6. The van der Waals surface area contributed by atoms with E-state index in [1.807, 2.05) is 18.2 Å². The third kappa shape index (κ3) is 3.85. The van der Waals surface area contributed by atoms with Crippen molar-refractivity contribution < 1.29 is 4.79 Å². The minimum Gasteiger partial charge on any atom is -0.344 e. The SMILES string of the molecule is CC(C)c1ccc(C(NC(=O)C2CCCN2)c2ccccc2)cc1. The molecule has 3 rings (SSSR count). The molecule has 0 radical (unpaired) electrons. The van der Waals surface area contributed by atoms with Gasteiger partial charge in [0.15, 0.2) is 0 Å². The van der Waals surface area contributed by atoms with Gasteiger partial charge in [-0.1, -0.05) is 68.4 Å². The van der Waals surface area contributed by atoms with Crippen molar-refractivity contribution in [3.63, 3.8) is 0 Å². The van der Waals surface area contributed by atoms with Crippen molar-refractivity contribution in [3.8, 4) is 0 Å². The van der Waals surface area contributed by atoms with Gasteiger partial charge in [-0.3, -0.25) is 4.79 Å². The Morgan fingerprint density at radius 3 is 2.21 bits per heavy atom. The van der Waals surface area contributed by atoms with Gasteiger partial charge in [-0.05, 0) is 42.0 Å². The van der Waals surface area contributed by atoms with Gasteiger partial charge in [-0.15, -0.1) is 0 Å². The molecule has 3 heteroatoms. The number of nitrogens with one attached hydrogen (secondary N) is 2. The number of carbonyl (C=O) groups excluding carboxylic acids is 1. The van der Waals surface area contributed by atoms with E-state index in [1.165, 1.54) is 5.56 Å². The Labute approximate surface area is 144 Å². The summed E-state index contributed by atoms with van der Waals surface area (Å²) < 4.78 is 0. The molecule has 0 aromatic heterocycles. The van der Waals surface area contributed by atoms with Gasteiger partial charge in [0.25, 0.3) is 0 Å². The van der Waals surface area contributed by atoms with E-state index in [1.54, 1.807) is 0 Å². The zero-order chi connectivity index (χ0) is 16.9. The third-order valence-corrected chi connectivity index (χ3v) is 4.73. The molecule has 24 heavy (non-hydrogen) atoms. The smallest absolute Gasteiger partial charge is 0.237 e. The van der Waals surface area contributed by atoms with E-state index in [0.717, 1.165) is 30.5 Å². The van der Waals surface area contributed by atoms with Gasteiger partial charge in [0.1, 0.15) is 0 Å². The maximum Gasteiger partial charge on any atom is 0.237 e. The van der Waals surface area contributed by atoms with Crippen LogP contribution in [0.4, 0.5) is 0 Å². The van der Waals surface area contributed by atoms with Gasteiger partial charge in [-0.25, -0.2) is 0 Å². The fourth-order valence-corrected chi connectivity index (χ4v) is 3.23. The first-order valence-corrected chi connectivity index (χ1v) is 8.83. The highest BCUT2D eigenvalue weighted by Gasteiger charge is 2.25. The van der Waals surface area contributed by atoms with E-state index in [-0.39, 0.29) is 18.0 Å². The number of rotatable bonds is 5. The van der Waals surface area contributed by atoms with Crippen LogP contribution in [0.5, 0.6) is 0 Å². The fraction of sp³-hybridized carbons (Fsp3) is 0.381. The van der Waals surface area contributed by atoms with Crippen LogP contribution in [-0.2, 0) is 4.79 Å². The lowest BCUT2D eigenvalue weighted by Crippen LogP contribution is -2.42. The first-order valence-electron chi connectivity index (χ1n) is 8.83. The number of benzene rings is 2. The van der Waals surface area contributed by atoms with E-state index in [2.05, 4.69) is 60.9 Å². The molecule has 1 saturated heterocycles. The Balaban J connectivity index is 1.85. The molecule has 126 valence electrons. The predicted octanol–water partition coefficient (Wildman–Crippen LogP) is 3.77. The van der Waals surface area contributed by atoms with Crippen LogP contribution in [0.3, 0.4) is 0 Å². The summed E-state index contributed by atoms with van der Waals surface area (Å²) in [6.07, 6.45) is 1.98. The molecule has 1 heterocycles. The second-order valence-corrected chi connectivity index (χ2v) is 6.82. The maximum absolute atomic E-state index is 12.6. The Bertz CT molecular complexity index is 658. The van der Waals surface area contributed by atoms with Crippen LogP contribution < -0.4 is 10.6 Å². The van der Waals surface area contributed by atoms with Crippen molar-refractivity contribution in [1.82, 2.24) is 10.6 Å². The van der Waals surface area contributed by atoms with Crippen molar-refractivity contribution in [2.75, 3.05) is 6.54 Å². The lowest BCUT2D eigenvalue weighted by Gasteiger charge is -2.22. The van der Waals surface area contributed by atoms with E-state index in [9.17, 15) is 4.79 Å². The van der Waals surface area contributed by atoms with Gasteiger partial charge in [0.05, 0.1) is 12.1 Å². The number of amides is 1. The Hall–Kier alpha value is -2.13. The van der Waals surface area contributed by atoms with E-state index in [4.69, 9.17) is 0 Å². The molecule has 0 bridgehead atoms. The summed E-state index contributed by atoms with van der Waals surface area (Å²) in [5.41, 5.74) is 3.55. The number of carbonyl (C=O) groups is 1. The Morgan fingerprint density at radius 1 is 1.00 bits per heavy atom. The molecule has 1 aliphatic heterocycles. The summed E-state index contributed by atoms with van der Waals surface area (Å²) in [7, 11) is 0. The molecule has 2 aromatic rings. The first-order chi connectivity index (χ1) is 11.6. The van der Waals surface area contributed by atoms with Gasteiger partial charge in [-0.2, -0.15) is 0 Å².